The molecule has 1 N–H and O–H groups in total. The van der Waals surface area contributed by atoms with E-state index in [9.17, 15) is 9.18 Å². The van der Waals surface area contributed by atoms with Gasteiger partial charge in [-0.1, -0.05) is 11.6 Å². The van der Waals surface area contributed by atoms with E-state index in [4.69, 9.17) is 25.8 Å². The SMILES string of the molecule is COc1cc(NC(=O)c2cc3ccc(F)cc3nc2Cl)cc(OC)c1OC. The molecule has 1 heterocycles. The number of halogens is 2. The fourth-order valence-corrected chi connectivity index (χ4v) is 2.86. The summed E-state index contributed by atoms with van der Waals surface area (Å²) in [6, 6.07) is 8.82. The topological polar surface area (TPSA) is 69.7 Å². The van der Waals surface area contributed by atoms with E-state index >= 15 is 0 Å². The van der Waals surface area contributed by atoms with Gasteiger partial charge < -0.3 is 19.5 Å². The van der Waals surface area contributed by atoms with Crippen LogP contribution in [0.25, 0.3) is 10.9 Å². The summed E-state index contributed by atoms with van der Waals surface area (Å²) in [5.74, 6) is 0.287. The van der Waals surface area contributed by atoms with E-state index in [1.165, 1.54) is 39.5 Å². The van der Waals surface area contributed by atoms with Crippen LogP contribution in [0.3, 0.4) is 0 Å². The molecule has 27 heavy (non-hydrogen) atoms. The number of amides is 1. The van der Waals surface area contributed by atoms with Gasteiger partial charge in [-0.05, 0) is 18.2 Å². The molecule has 0 aliphatic rings. The molecule has 2 aromatic carbocycles. The minimum absolute atomic E-state index is 0.0296. The molecule has 0 fully saturated rings. The second kappa shape index (κ2) is 7.67. The van der Waals surface area contributed by atoms with Crippen LogP contribution in [0.2, 0.25) is 5.15 Å². The predicted octanol–water partition coefficient (Wildman–Crippen LogP) is 4.31. The Morgan fingerprint density at radius 2 is 1.70 bits per heavy atom. The van der Waals surface area contributed by atoms with Gasteiger partial charge in [0.15, 0.2) is 11.5 Å². The van der Waals surface area contributed by atoms with Crippen LogP contribution in [-0.2, 0) is 0 Å². The predicted molar refractivity (Wildman–Crippen MR) is 101 cm³/mol. The van der Waals surface area contributed by atoms with Gasteiger partial charge in [-0.25, -0.2) is 9.37 Å². The molecule has 0 aliphatic carbocycles. The smallest absolute Gasteiger partial charge is 0.258 e. The fourth-order valence-electron chi connectivity index (χ4n) is 2.63. The summed E-state index contributed by atoms with van der Waals surface area (Å²) in [6.07, 6.45) is 0. The van der Waals surface area contributed by atoms with Crippen molar-refractivity contribution in [1.29, 1.82) is 0 Å². The maximum atomic E-state index is 13.3. The zero-order chi connectivity index (χ0) is 19.6. The van der Waals surface area contributed by atoms with E-state index in [2.05, 4.69) is 10.3 Å². The molecule has 0 saturated heterocycles. The van der Waals surface area contributed by atoms with Gasteiger partial charge in [0.25, 0.3) is 5.91 Å². The number of pyridine rings is 1. The van der Waals surface area contributed by atoms with E-state index in [1.807, 2.05) is 0 Å². The minimum Gasteiger partial charge on any atom is -0.493 e. The number of anilines is 1. The molecule has 140 valence electrons. The Hall–Kier alpha value is -3.06. The number of carbonyl (C=O) groups excluding carboxylic acids is 1. The van der Waals surface area contributed by atoms with Gasteiger partial charge in [0.2, 0.25) is 5.75 Å². The maximum absolute atomic E-state index is 13.3. The highest BCUT2D eigenvalue weighted by Crippen LogP contribution is 2.40. The zero-order valence-corrected chi connectivity index (χ0v) is 15.6. The van der Waals surface area contributed by atoms with E-state index in [0.717, 1.165) is 0 Å². The average molecular weight is 391 g/mol. The first-order chi connectivity index (χ1) is 13.0. The van der Waals surface area contributed by atoms with Crippen LogP contribution >= 0.6 is 11.6 Å². The molecule has 8 heteroatoms. The van der Waals surface area contributed by atoms with Crippen molar-refractivity contribution in [2.75, 3.05) is 26.6 Å². The van der Waals surface area contributed by atoms with Gasteiger partial charge in [0, 0.05) is 29.3 Å². The largest absolute Gasteiger partial charge is 0.493 e. The van der Waals surface area contributed by atoms with E-state index < -0.39 is 11.7 Å². The Bertz CT molecular complexity index is 1000. The summed E-state index contributed by atoms with van der Waals surface area (Å²) in [4.78, 5) is 16.8. The normalized spacial score (nSPS) is 10.6. The molecule has 0 unspecified atom stereocenters. The fraction of sp³-hybridized carbons (Fsp3) is 0.158. The molecular formula is C19H16ClFN2O4. The summed E-state index contributed by atoms with van der Waals surface area (Å²) in [5, 5.41) is 3.29. The summed E-state index contributed by atoms with van der Waals surface area (Å²) in [7, 11) is 4.44. The third-order valence-electron chi connectivity index (χ3n) is 3.90. The first-order valence-corrected chi connectivity index (χ1v) is 8.21. The van der Waals surface area contributed by atoms with Gasteiger partial charge in [0.1, 0.15) is 11.0 Å². The second-order valence-corrected chi connectivity index (χ2v) is 5.89. The lowest BCUT2D eigenvalue weighted by atomic mass is 10.1. The molecule has 1 amide bonds. The highest BCUT2D eigenvalue weighted by atomic mass is 35.5. The van der Waals surface area contributed by atoms with Crippen LogP contribution < -0.4 is 19.5 Å². The van der Waals surface area contributed by atoms with Gasteiger partial charge in [-0.3, -0.25) is 4.79 Å². The van der Waals surface area contributed by atoms with E-state index in [1.54, 1.807) is 18.2 Å². The molecule has 3 rings (SSSR count). The van der Waals surface area contributed by atoms with Crippen molar-refractivity contribution in [3.8, 4) is 17.2 Å². The molecule has 0 aliphatic heterocycles. The molecular weight excluding hydrogens is 375 g/mol. The number of fused-ring (bicyclic) bond motifs is 1. The number of nitrogens with zero attached hydrogens (tertiary/aromatic N) is 1. The quantitative estimate of drug-likeness (QED) is 0.657. The Balaban J connectivity index is 1.97. The Morgan fingerprint density at radius 1 is 1.04 bits per heavy atom. The average Bonchev–Trinajstić information content (AvgIpc) is 2.66. The first kappa shape index (κ1) is 18.7. The Kier molecular flexibility index (Phi) is 5.32. The van der Waals surface area contributed by atoms with Crippen LogP contribution in [0.4, 0.5) is 10.1 Å². The Labute approximate surface area is 159 Å². The van der Waals surface area contributed by atoms with Crippen molar-refractivity contribution in [3.63, 3.8) is 0 Å². The van der Waals surface area contributed by atoms with Crippen LogP contribution in [-0.4, -0.2) is 32.2 Å². The number of aromatic nitrogens is 1. The van der Waals surface area contributed by atoms with Crippen molar-refractivity contribution in [3.05, 3.63) is 52.9 Å². The van der Waals surface area contributed by atoms with Crippen LogP contribution in [0.5, 0.6) is 17.2 Å². The van der Waals surface area contributed by atoms with Gasteiger partial charge >= 0.3 is 0 Å². The summed E-state index contributed by atoms with van der Waals surface area (Å²) >= 11 is 6.12. The van der Waals surface area contributed by atoms with E-state index in [0.29, 0.717) is 33.8 Å². The monoisotopic (exact) mass is 390 g/mol. The van der Waals surface area contributed by atoms with Gasteiger partial charge in [-0.15, -0.1) is 0 Å². The number of benzene rings is 2. The number of carbonyl (C=O) groups is 1. The molecule has 0 saturated carbocycles. The van der Waals surface area contributed by atoms with Gasteiger partial charge in [0.05, 0.1) is 32.4 Å². The molecule has 3 aromatic rings. The summed E-state index contributed by atoms with van der Waals surface area (Å²) in [5.41, 5.74) is 0.943. The molecule has 0 bridgehead atoms. The van der Waals surface area contributed by atoms with Crippen molar-refractivity contribution < 1.29 is 23.4 Å². The van der Waals surface area contributed by atoms with E-state index in [-0.39, 0.29) is 10.7 Å². The Morgan fingerprint density at radius 3 is 2.30 bits per heavy atom. The highest BCUT2D eigenvalue weighted by molar-refractivity contribution is 6.33. The van der Waals surface area contributed by atoms with Crippen molar-refractivity contribution in [2.45, 2.75) is 0 Å². The standard InChI is InChI=1S/C19H16ClFN2O4/c1-25-15-8-12(9-16(26-2)17(15)27-3)22-19(24)13-6-10-4-5-11(21)7-14(10)23-18(13)20/h4-9H,1-3H3,(H,22,24). The number of hydrogen-bond acceptors (Lipinski definition) is 5. The third-order valence-corrected chi connectivity index (χ3v) is 4.19. The first-order valence-electron chi connectivity index (χ1n) is 7.84. The molecule has 6 nitrogen and oxygen atoms in total. The van der Waals surface area contributed by atoms with Crippen LogP contribution in [0, 0.1) is 5.82 Å². The maximum Gasteiger partial charge on any atom is 0.258 e. The molecule has 0 atom stereocenters. The van der Waals surface area contributed by atoms with Crippen molar-refractivity contribution in [1.82, 2.24) is 4.98 Å². The number of nitrogens with one attached hydrogen (secondary N) is 1. The number of hydrogen-bond donors (Lipinski definition) is 1. The number of rotatable bonds is 5. The minimum atomic E-state index is -0.479. The number of methoxy groups -OCH3 is 3. The lowest BCUT2D eigenvalue weighted by Crippen LogP contribution is -2.13. The molecule has 0 spiro atoms. The van der Waals surface area contributed by atoms with Crippen LogP contribution in [0.1, 0.15) is 10.4 Å². The summed E-state index contributed by atoms with van der Waals surface area (Å²) in [6.45, 7) is 0. The lowest BCUT2D eigenvalue weighted by Gasteiger charge is -2.15. The van der Waals surface area contributed by atoms with Crippen molar-refractivity contribution in [2.24, 2.45) is 0 Å². The highest BCUT2D eigenvalue weighted by Gasteiger charge is 2.17. The summed E-state index contributed by atoms with van der Waals surface area (Å²) < 4.78 is 29.1. The molecule has 0 radical (unpaired) electrons. The molecule has 1 aromatic heterocycles. The zero-order valence-electron chi connectivity index (χ0n) is 14.8. The van der Waals surface area contributed by atoms with Crippen LogP contribution in [0.15, 0.2) is 36.4 Å². The van der Waals surface area contributed by atoms with Crippen molar-refractivity contribution >= 4 is 34.1 Å². The lowest BCUT2D eigenvalue weighted by molar-refractivity contribution is 0.102. The second-order valence-electron chi connectivity index (χ2n) is 5.53. The number of ether oxygens (including phenoxy) is 3. The third kappa shape index (κ3) is 3.73. The van der Waals surface area contributed by atoms with Gasteiger partial charge in [-0.2, -0.15) is 0 Å².